The largest absolute Gasteiger partial charge is 0.0843 e. The molecule has 1 spiro atoms. The lowest BCUT2D eigenvalue weighted by Crippen LogP contribution is -2.25. The Morgan fingerprint density at radius 2 is 0.727 bits per heavy atom. The molecule has 0 nitrogen and oxygen atoms in total. The normalized spacial score (nSPS) is 15.5. The summed E-state index contributed by atoms with van der Waals surface area (Å²) in [6, 6.07) is 59.7. The Kier molecular flexibility index (Phi) is 5.57. The van der Waals surface area contributed by atoms with Crippen LogP contribution in [0.1, 0.15) is 22.3 Å². The SMILES string of the molecule is Clc1ccc(-c2ccccc2-c2cccc3c2-c2ccccc2C32c3ccccc3-c3c(-c4ccccc4)cccc32)cc1. The van der Waals surface area contributed by atoms with Gasteiger partial charge in [-0.1, -0.05) is 163 Å². The van der Waals surface area contributed by atoms with Gasteiger partial charge in [-0.15, -0.1) is 0 Å². The molecule has 7 aromatic rings. The first kappa shape index (κ1) is 25.3. The molecule has 0 N–H and O–H groups in total. The van der Waals surface area contributed by atoms with Crippen LogP contribution in [0, 0.1) is 0 Å². The van der Waals surface area contributed by atoms with Gasteiger partial charge in [-0.25, -0.2) is 0 Å². The van der Waals surface area contributed by atoms with Crippen molar-refractivity contribution in [1.82, 2.24) is 0 Å². The first-order valence-electron chi connectivity index (χ1n) is 15.1. The second-order valence-electron chi connectivity index (χ2n) is 11.7. The second-order valence-corrected chi connectivity index (χ2v) is 12.2. The van der Waals surface area contributed by atoms with Crippen LogP contribution in [0.25, 0.3) is 55.6 Å². The summed E-state index contributed by atoms with van der Waals surface area (Å²) in [6.07, 6.45) is 0. The van der Waals surface area contributed by atoms with Crippen LogP contribution in [-0.2, 0) is 5.41 Å². The summed E-state index contributed by atoms with van der Waals surface area (Å²) in [7, 11) is 0. The molecule has 206 valence electrons. The van der Waals surface area contributed by atoms with Gasteiger partial charge in [0.2, 0.25) is 0 Å². The lowest BCUT2D eigenvalue weighted by Gasteiger charge is -2.30. The topological polar surface area (TPSA) is 0 Å². The fraction of sp³-hybridized carbons (Fsp3) is 0.0233. The summed E-state index contributed by atoms with van der Waals surface area (Å²) >= 11 is 6.29. The standard InChI is InChI=1S/C43H27Cl/c44-30-26-24-29(25-27-30)31-14-4-5-15-33(31)34-19-11-23-40-42(34)36-17-7-9-21-38(36)43(40)37-20-8-6-16-35(37)41-32(18-10-22-39(41)43)28-12-2-1-3-13-28/h1-27H. The van der Waals surface area contributed by atoms with Crippen molar-refractivity contribution in [2.24, 2.45) is 0 Å². The highest BCUT2D eigenvalue weighted by molar-refractivity contribution is 6.30. The lowest BCUT2D eigenvalue weighted by molar-refractivity contribution is 0.794. The maximum absolute atomic E-state index is 6.29. The third-order valence-electron chi connectivity index (χ3n) is 9.60. The highest BCUT2D eigenvalue weighted by Crippen LogP contribution is 2.65. The number of hydrogen-bond donors (Lipinski definition) is 0. The molecular formula is C43H27Cl. The minimum absolute atomic E-state index is 0.409. The van der Waals surface area contributed by atoms with Gasteiger partial charge in [-0.2, -0.15) is 0 Å². The van der Waals surface area contributed by atoms with Gasteiger partial charge in [0.25, 0.3) is 0 Å². The van der Waals surface area contributed by atoms with Crippen molar-refractivity contribution in [3.8, 4) is 55.6 Å². The minimum Gasteiger partial charge on any atom is -0.0843 e. The molecule has 2 aliphatic carbocycles. The van der Waals surface area contributed by atoms with E-state index in [0.717, 1.165) is 10.6 Å². The van der Waals surface area contributed by atoms with Crippen molar-refractivity contribution in [2.75, 3.05) is 0 Å². The van der Waals surface area contributed by atoms with Crippen molar-refractivity contribution in [3.63, 3.8) is 0 Å². The molecular weight excluding hydrogens is 552 g/mol. The smallest absolute Gasteiger partial charge is 0.0725 e. The third kappa shape index (κ3) is 3.41. The fourth-order valence-electron chi connectivity index (χ4n) is 7.92. The molecule has 1 heteroatoms. The number of rotatable bonds is 3. The Balaban J connectivity index is 1.39. The van der Waals surface area contributed by atoms with E-state index in [0.29, 0.717) is 0 Å². The van der Waals surface area contributed by atoms with Crippen molar-refractivity contribution in [3.05, 3.63) is 191 Å². The zero-order valence-corrected chi connectivity index (χ0v) is 24.7. The van der Waals surface area contributed by atoms with E-state index in [4.69, 9.17) is 11.6 Å². The van der Waals surface area contributed by atoms with Crippen molar-refractivity contribution in [2.45, 2.75) is 5.41 Å². The fourth-order valence-corrected chi connectivity index (χ4v) is 8.04. The Morgan fingerprint density at radius 1 is 0.295 bits per heavy atom. The molecule has 0 aliphatic heterocycles. The summed E-state index contributed by atoms with van der Waals surface area (Å²) in [4.78, 5) is 0. The van der Waals surface area contributed by atoms with Gasteiger partial charge in [0.05, 0.1) is 5.41 Å². The molecule has 0 bridgehead atoms. The summed E-state index contributed by atoms with van der Waals surface area (Å²) < 4.78 is 0. The maximum atomic E-state index is 6.29. The average Bonchev–Trinajstić information content (AvgIpc) is 3.57. The maximum Gasteiger partial charge on any atom is 0.0725 e. The highest BCUT2D eigenvalue weighted by Gasteiger charge is 2.52. The van der Waals surface area contributed by atoms with Crippen molar-refractivity contribution >= 4 is 11.6 Å². The highest BCUT2D eigenvalue weighted by atomic mass is 35.5. The molecule has 1 unspecified atom stereocenters. The zero-order valence-electron chi connectivity index (χ0n) is 24.0. The summed E-state index contributed by atoms with van der Waals surface area (Å²) in [5.41, 5.74) is 17.6. The molecule has 1 atom stereocenters. The van der Waals surface area contributed by atoms with Crippen LogP contribution in [0.15, 0.2) is 164 Å². The molecule has 0 fully saturated rings. The van der Waals surface area contributed by atoms with E-state index in [-0.39, 0.29) is 0 Å². The van der Waals surface area contributed by atoms with Crippen molar-refractivity contribution in [1.29, 1.82) is 0 Å². The van der Waals surface area contributed by atoms with Gasteiger partial charge in [0.15, 0.2) is 0 Å². The molecule has 7 aromatic carbocycles. The molecule has 2 aliphatic rings. The molecule has 44 heavy (non-hydrogen) atoms. The number of hydrogen-bond acceptors (Lipinski definition) is 0. The van der Waals surface area contributed by atoms with Crippen molar-refractivity contribution < 1.29 is 0 Å². The summed E-state index contributed by atoms with van der Waals surface area (Å²) in [6.45, 7) is 0. The van der Waals surface area contributed by atoms with E-state index >= 15 is 0 Å². The third-order valence-corrected chi connectivity index (χ3v) is 9.85. The summed E-state index contributed by atoms with van der Waals surface area (Å²) in [5, 5.41) is 0.746. The average molecular weight is 579 g/mol. The van der Waals surface area contributed by atoms with Gasteiger partial charge in [0.1, 0.15) is 0 Å². The molecule has 0 saturated heterocycles. The van der Waals surface area contributed by atoms with Crippen LogP contribution in [0.3, 0.4) is 0 Å². The predicted molar refractivity (Wildman–Crippen MR) is 184 cm³/mol. The van der Waals surface area contributed by atoms with Crippen LogP contribution in [0.5, 0.6) is 0 Å². The molecule has 0 amide bonds. The van der Waals surface area contributed by atoms with Crippen LogP contribution in [0.4, 0.5) is 0 Å². The van der Waals surface area contributed by atoms with E-state index in [9.17, 15) is 0 Å². The van der Waals surface area contributed by atoms with Crippen LogP contribution < -0.4 is 0 Å². The summed E-state index contributed by atoms with van der Waals surface area (Å²) in [5.74, 6) is 0. The van der Waals surface area contributed by atoms with Gasteiger partial charge >= 0.3 is 0 Å². The number of fused-ring (bicyclic) bond motifs is 10. The van der Waals surface area contributed by atoms with Gasteiger partial charge in [-0.3, -0.25) is 0 Å². The monoisotopic (exact) mass is 578 g/mol. The van der Waals surface area contributed by atoms with E-state index in [1.54, 1.807) is 0 Å². The molecule has 0 radical (unpaired) electrons. The number of halogens is 1. The van der Waals surface area contributed by atoms with E-state index in [2.05, 4.69) is 152 Å². The van der Waals surface area contributed by atoms with Crippen LogP contribution in [-0.4, -0.2) is 0 Å². The molecule has 0 aromatic heterocycles. The number of benzene rings is 7. The Bertz CT molecular complexity index is 2230. The predicted octanol–water partition coefficient (Wildman–Crippen LogP) is 11.7. The Labute approximate surface area is 262 Å². The molecule has 0 heterocycles. The first-order valence-corrected chi connectivity index (χ1v) is 15.5. The minimum atomic E-state index is -0.409. The van der Waals surface area contributed by atoms with Gasteiger partial charge in [0, 0.05) is 5.02 Å². The lowest BCUT2D eigenvalue weighted by atomic mass is 9.70. The molecule has 0 saturated carbocycles. The Hall–Kier alpha value is -5.17. The van der Waals surface area contributed by atoms with Crippen LogP contribution >= 0.6 is 11.6 Å². The van der Waals surface area contributed by atoms with Gasteiger partial charge in [-0.05, 0) is 90.0 Å². The van der Waals surface area contributed by atoms with E-state index < -0.39 is 5.41 Å². The Morgan fingerprint density at radius 3 is 1.36 bits per heavy atom. The molecule has 9 rings (SSSR count). The van der Waals surface area contributed by atoms with E-state index in [1.165, 1.54) is 72.3 Å². The first-order chi connectivity index (χ1) is 21.8. The quantitative estimate of drug-likeness (QED) is 0.195. The van der Waals surface area contributed by atoms with Gasteiger partial charge < -0.3 is 0 Å². The second kappa shape index (κ2) is 9.67. The zero-order chi connectivity index (χ0) is 29.3. The van der Waals surface area contributed by atoms with E-state index in [1.807, 2.05) is 12.1 Å². The van der Waals surface area contributed by atoms with Crippen LogP contribution in [0.2, 0.25) is 5.02 Å².